The maximum atomic E-state index is 12.4. The third kappa shape index (κ3) is 2.75. The van der Waals surface area contributed by atoms with E-state index in [0.29, 0.717) is 12.2 Å². The van der Waals surface area contributed by atoms with Crippen LogP contribution in [0.25, 0.3) is 10.9 Å². The van der Waals surface area contributed by atoms with Crippen molar-refractivity contribution in [2.24, 2.45) is 0 Å². The maximum Gasteiger partial charge on any atom is 0.268 e. The Morgan fingerprint density at radius 2 is 1.68 bits per heavy atom. The minimum absolute atomic E-state index is 0.0630. The summed E-state index contributed by atoms with van der Waals surface area (Å²) >= 11 is 0. The van der Waals surface area contributed by atoms with E-state index in [1.54, 1.807) is 0 Å². The summed E-state index contributed by atoms with van der Waals surface area (Å²) in [5.41, 5.74) is 6.16. The summed E-state index contributed by atoms with van der Waals surface area (Å²) in [5, 5.41) is 4.09. The van der Waals surface area contributed by atoms with E-state index in [4.69, 9.17) is 0 Å². The van der Waals surface area contributed by atoms with E-state index in [1.165, 1.54) is 11.1 Å². The van der Waals surface area contributed by atoms with Crippen molar-refractivity contribution in [3.05, 3.63) is 70.4 Å². The summed E-state index contributed by atoms with van der Waals surface area (Å²) in [7, 11) is 0. The molecule has 1 heterocycles. The standard InChI is InChI=1S/C19H20N2O/c1-12-4-7-15(8-5-12)11-20-19(22)18-14(3)16-10-13(2)6-9-17(16)21-18/h4-10,21H,11H2,1-3H3,(H,20,22). The summed E-state index contributed by atoms with van der Waals surface area (Å²) in [6, 6.07) is 14.4. The molecule has 3 nitrogen and oxygen atoms in total. The fraction of sp³-hybridized carbons (Fsp3) is 0.211. The number of rotatable bonds is 3. The normalized spacial score (nSPS) is 10.9. The molecule has 0 saturated carbocycles. The lowest BCUT2D eigenvalue weighted by atomic mass is 10.1. The van der Waals surface area contributed by atoms with Gasteiger partial charge in [0.25, 0.3) is 5.91 Å². The Kier molecular flexibility index (Phi) is 3.72. The molecule has 3 aromatic rings. The summed E-state index contributed by atoms with van der Waals surface area (Å²) < 4.78 is 0. The van der Waals surface area contributed by atoms with Gasteiger partial charge in [0.15, 0.2) is 0 Å². The van der Waals surface area contributed by atoms with Crippen molar-refractivity contribution in [3.8, 4) is 0 Å². The van der Waals surface area contributed by atoms with E-state index in [2.05, 4.69) is 42.3 Å². The molecular formula is C19H20N2O. The number of aromatic nitrogens is 1. The molecule has 1 amide bonds. The molecule has 2 aromatic carbocycles. The maximum absolute atomic E-state index is 12.4. The van der Waals surface area contributed by atoms with E-state index < -0.39 is 0 Å². The van der Waals surface area contributed by atoms with Gasteiger partial charge in [-0.2, -0.15) is 0 Å². The first-order chi connectivity index (χ1) is 10.5. The second-order valence-electron chi connectivity index (χ2n) is 5.84. The van der Waals surface area contributed by atoms with Crippen LogP contribution in [0.2, 0.25) is 0 Å². The number of hydrogen-bond donors (Lipinski definition) is 2. The molecule has 1 aromatic heterocycles. The van der Waals surface area contributed by atoms with Crippen molar-refractivity contribution in [2.75, 3.05) is 0 Å². The van der Waals surface area contributed by atoms with Gasteiger partial charge in [-0.1, -0.05) is 41.5 Å². The first-order valence-corrected chi connectivity index (χ1v) is 7.47. The molecule has 0 spiro atoms. The molecule has 2 N–H and O–H groups in total. The number of aromatic amines is 1. The zero-order chi connectivity index (χ0) is 15.7. The molecule has 0 aliphatic rings. The van der Waals surface area contributed by atoms with Crippen molar-refractivity contribution >= 4 is 16.8 Å². The van der Waals surface area contributed by atoms with Gasteiger partial charge in [0.05, 0.1) is 0 Å². The van der Waals surface area contributed by atoms with Crippen LogP contribution in [0.15, 0.2) is 42.5 Å². The predicted octanol–water partition coefficient (Wildman–Crippen LogP) is 4.02. The molecule has 3 heteroatoms. The molecular weight excluding hydrogens is 272 g/mol. The van der Waals surface area contributed by atoms with Crippen molar-refractivity contribution in [1.29, 1.82) is 0 Å². The molecule has 0 aliphatic carbocycles. The zero-order valence-electron chi connectivity index (χ0n) is 13.2. The van der Waals surface area contributed by atoms with Crippen LogP contribution < -0.4 is 5.32 Å². The molecule has 0 aliphatic heterocycles. The first-order valence-electron chi connectivity index (χ1n) is 7.47. The SMILES string of the molecule is Cc1ccc(CNC(=O)c2[nH]c3ccc(C)cc3c2C)cc1. The Hall–Kier alpha value is -2.55. The Bertz CT molecular complexity index is 829. The third-order valence-corrected chi connectivity index (χ3v) is 4.01. The molecule has 112 valence electrons. The highest BCUT2D eigenvalue weighted by atomic mass is 16.1. The van der Waals surface area contributed by atoms with E-state index in [0.717, 1.165) is 22.0 Å². The highest BCUT2D eigenvalue weighted by molar-refractivity contribution is 6.00. The third-order valence-electron chi connectivity index (χ3n) is 4.01. The first kappa shape index (κ1) is 14.4. The van der Waals surface area contributed by atoms with E-state index >= 15 is 0 Å². The number of nitrogens with one attached hydrogen (secondary N) is 2. The molecule has 0 fully saturated rings. The lowest BCUT2D eigenvalue weighted by molar-refractivity contribution is 0.0946. The largest absolute Gasteiger partial charge is 0.350 e. The number of carbonyl (C=O) groups excluding carboxylic acids is 1. The predicted molar refractivity (Wildman–Crippen MR) is 90.1 cm³/mol. The molecule has 0 saturated heterocycles. The Labute approximate surface area is 130 Å². The second kappa shape index (κ2) is 5.68. The fourth-order valence-corrected chi connectivity index (χ4v) is 2.64. The second-order valence-corrected chi connectivity index (χ2v) is 5.84. The summed E-state index contributed by atoms with van der Waals surface area (Å²) in [6.07, 6.45) is 0. The lowest BCUT2D eigenvalue weighted by Gasteiger charge is -2.05. The van der Waals surface area contributed by atoms with Crippen LogP contribution in [0.1, 0.15) is 32.7 Å². The minimum atomic E-state index is -0.0630. The minimum Gasteiger partial charge on any atom is -0.350 e. The van der Waals surface area contributed by atoms with Gasteiger partial charge in [-0.05, 0) is 44.0 Å². The van der Waals surface area contributed by atoms with Gasteiger partial charge in [-0.25, -0.2) is 0 Å². The van der Waals surface area contributed by atoms with E-state index in [-0.39, 0.29) is 5.91 Å². The summed E-state index contributed by atoms with van der Waals surface area (Å²) in [4.78, 5) is 15.6. The smallest absolute Gasteiger partial charge is 0.268 e. The number of carbonyl (C=O) groups is 1. The zero-order valence-corrected chi connectivity index (χ0v) is 13.2. The fourth-order valence-electron chi connectivity index (χ4n) is 2.64. The molecule has 0 radical (unpaired) electrons. The van der Waals surface area contributed by atoms with Crippen molar-refractivity contribution in [3.63, 3.8) is 0 Å². The van der Waals surface area contributed by atoms with Gasteiger partial charge in [-0.15, -0.1) is 0 Å². The molecule has 0 atom stereocenters. The van der Waals surface area contributed by atoms with Gasteiger partial charge >= 0.3 is 0 Å². The molecule has 0 bridgehead atoms. The number of benzene rings is 2. The van der Waals surface area contributed by atoms with Crippen LogP contribution in [-0.2, 0) is 6.54 Å². The van der Waals surface area contributed by atoms with Crippen molar-refractivity contribution in [1.82, 2.24) is 10.3 Å². The number of hydrogen-bond acceptors (Lipinski definition) is 1. The van der Waals surface area contributed by atoms with Crippen LogP contribution in [0.4, 0.5) is 0 Å². The van der Waals surface area contributed by atoms with E-state index in [9.17, 15) is 4.79 Å². The summed E-state index contributed by atoms with van der Waals surface area (Å²) in [6.45, 7) is 6.63. The number of H-pyrrole nitrogens is 1. The van der Waals surface area contributed by atoms with Crippen molar-refractivity contribution < 1.29 is 4.79 Å². The van der Waals surface area contributed by atoms with Crippen LogP contribution in [-0.4, -0.2) is 10.9 Å². The molecule has 0 unspecified atom stereocenters. The van der Waals surface area contributed by atoms with Crippen LogP contribution in [0, 0.1) is 20.8 Å². The highest BCUT2D eigenvalue weighted by Gasteiger charge is 2.14. The van der Waals surface area contributed by atoms with Gasteiger partial charge in [0.2, 0.25) is 0 Å². The van der Waals surface area contributed by atoms with Crippen LogP contribution >= 0.6 is 0 Å². The topological polar surface area (TPSA) is 44.9 Å². The Morgan fingerprint density at radius 1 is 1.00 bits per heavy atom. The van der Waals surface area contributed by atoms with Gasteiger partial charge in [0.1, 0.15) is 5.69 Å². The Morgan fingerprint density at radius 3 is 2.41 bits per heavy atom. The van der Waals surface area contributed by atoms with Gasteiger partial charge < -0.3 is 10.3 Å². The van der Waals surface area contributed by atoms with Gasteiger partial charge in [-0.3, -0.25) is 4.79 Å². The highest BCUT2D eigenvalue weighted by Crippen LogP contribution is 2.22. The number of amides is 1. The van der Waals surface area contributed by atoms with E-state index in [1.807, 2.05) is 31.2 Å². The lowest BCUT2D eigenvalue weighted by Crippen LogP contribution is -2.23. The number of aryl methyl sites for hydroxylation is 3. The number of fused-ring (bicyclic) bond motifs is 1. The van der Waals surface area contributed by atoms with Crippen LogP contribution in [0.3, 0.4) is 0 Å². The average molecular weight is 292 g/mol. The van der Waals surface area contributed by atoms with Gasteiger partial charge in [0, 0.05) is 17.4 Å². The quantitative estimate of drug-likeness (QED) is 0.752. The molecule has 22 heavy (non-hydrogen) atoms. The van der Waals surface area contributed by atoms with Crippen molar-refractivity contribution in [2.45, 2.75) is 27.3 Å². The van der Waals surface area contributed by atoms with Crippen LogP contribution in [0.5, 0.6) is 0 Å². The molecule has 3 rings (SSSR count). The Balaban J connectivity index is 1.80. The summed E-state index contributed by atoms with van der Waals surface area (Å²) in [5.74, 6) is -0.0630. The monoisotopic (exact) mass is 292 g/mol. The average Bonchev–Trinajstić information content (AvgIpc) is 2.83.